The number of nitrogens with zero attached hydrogens (tertiary/aromatic N) is 3. The molecule has 4 heteroatoms. The van der Waals surface area contributed by atoms with Gasteiger partial charge in [0.05, 0.1) is 0 Å². The molecule has 0 aliphatic carbocycles. The van der Waals surface area contributed by atoms with Crippen molar-refractivity contribution in [2.24, 2.45) is 0 Å². The summed E-state index contributed by atoms with van der Waals surface area (Å²) in [6.45, 7) is 5.84. The van der Waals surface area contributed by atoms with Gasteiger partial charge in [0.15, 0.2) is 0 Å². The first-order valence-electron chi connectivity index (χ1n) is 5.47. The molecule has 0 fully saturated rings. The highest BCUT2D eigenvalue weighted by molar-refractivity contribution is 5.36. The van der Waals surface area contributed by atoms with Gasteiger partial charge in [-0.05, 0) is 31.5 Å². The van der Waals surface area contributed by atoms with E-state index in [9.17, 15) is 0 Å². The van der Waals surface area contributed by atoms with Gasteiger partial charge in [0.1, 0.15) is 5.82 Å². The lowest BCUT2D eigenvalue weighted by atomic mass is 10.3. The first kappa shape index (κ1) is 10.7. The molecule has 0 spiro atoms. The molecule has 2 aromatic rings. The summed E-state index contributed by atoms with van der Waals surface area (Å²) in [5.74, 6) is 0.927. The molecule has 1 N–H and O–H groups in total. The predicted molar refractivity (Wildman–Crippen MR) is 64.2 cm³/mol. The van der Waals surface area contributed by atoms with E-state index in [0.29, 0.717) is 0 Å². The molecule has 2 aromatic heterocycles. The summed E-state index contributed by atoms with van der Waals surface area (Å²) in [4.78, 5) is 3.98. The van der Waals surface area contributed by atoms with Gasteiger partial charge in [0, 0.05) is 37.2 Å². The third kappa shape index (κ3) is 2.39. The second-order valence-electron chi connectivity index (χ2n) is 3.70. The quantitative estimate of drug-likeness (QED) is 0.852. The van der Waals surface area contributed by atoms with E-state index in [0.717, 1.165) is 18.9 Å². The summed E-state index contributed by atoms with van der Waals surface area (Å²) in [6, 6.07) is 6.05. The van der Waals surface area contributed by atoms with Crippen LogP contribution >= 0.6 is 0 Å². The highest BCUT2D eigenvalue weighted by atomic mass is 15.3. The van der Waals surface area contributed by atoms with Crippen molar-refractivity contribution in [3.8, 4) is 0 Å². The average Bonchev–Trinajstić information content (AvgIpc) is 2.69. The smallest absolute Gasteiger partial charge is 0.148 e. The van der Waals surface area contributed by atoms with Gasteiger partial charge in [-0.2, -0.15) is 5.10 Å². The van der Waals surface area contributed by atoms with E-state index >= 15 is 0 Å². The Bertz CT molecular complexity index is 447. The highest BCUT2D eigenvalue weighted by Crippen LogP contribution is 2.09. The Hall–Kier alpha value is -1.84. The van der Waals surface area contributed by atoms with E-state index in [1.807, 2.05) is 16.8 Å². The van der Waals surface area contributed by atoms with Crippen molar-refractivity contribution < 1.29 is 0 Å². The minimum atomic E-state index is 0.780. The van der Waals surface area contributed by atoms with Crippen molar-refractivity contribution in [1.29, 1.82) is 0 Å². The van der Waals surface area contributed by atoms with Crippen molar-refractivity contribution in [1.82, 2.24) is 14.8 Å². The first-order chi connectivity index (χ1) is 7.79. The lowest BCUT2D eigenvalue weighted by molar-refractivity contribution is 0.641. The van der Waals surface area contributed by atoms with Crippen molar-refractivity contribution >= 4 is 5.82 Å². The molecule has 0 amide bonds. The molecule has 0 aromatic carbocycles. The van der Waals surface area contributed by atoms with E-state index in [1.165, 1.54) is 11.3 Å². The van der Waals surface area contributed by atoms with E-state index in [1.54, 1.807) is 12.4 Å². The maximum absolute atomic E-state index is 4.43. The Morgan fingerprint density at radius 2 is 2.06 bits per heavy atom. The van der Waals surface area contributed by atoms with Crippen LogP contribution in [0.2, 0.25) is 0 Å². The second-order valence-corrected chi connectivity index (χ2v) is 3.70. The van der Waals surface area contributed by atoms with Crippen LogP contribution in [0.4, 0.5) is 5.82 Å². The van der Waals surface area contributed by atoms with Gasteiger partial charge in [0.25, 0.3) is 0 Å². The lowest BCUT2D eigenvalue weighted by Crippen LogP contribution is -2.02. The van der Waals surface area contributed by atoms with Crippen LogP contribution in [0.3, 0.4) is 0 Å². The number of nitrogens with one attached hydrogen (secondary N) is 1. The van der Waals surface area contributed by atoms with Crippen LogP contribution in [-0.4, -0.2) is 14.8 Å². The molecule has 0 aliphatic heterocycles. The van der Waals surface area contributed by atoms with Gasteiger partial charge in [-0.25, -0.2) is 0 Å². The van der Waals surface area contributed by atoms with Crippen LogP contribution < -0.4 is 5.32 Å². The zero-order valence-electron chi connectivity index (χ0n) is 9.64. The topological polar surface area (TPSA) is 42.7 Å². The van der Waals surface area contributed by atoms with E-state index in [2.05, 4.69) is 35.3 Å². The van der Waals surface area contributed by atoms with Gasteiger partial charge >= 0.3 is 0 Å². The van der Waals surface area contributed by atoms with Crippen LogP contribution in [0, 0.1) is 6.92 Å². The number of pyridine rings is 1. The number of rotatable bonds is 4. The maximum atomic E-state index is 4.43. The first-order valence-corrected chi connectivity index (χ1v) is 5.47. The molecule has 0 saturated carbocycles. The molecule has 0 bridgehead atoms. The molecule has 0 atom stereocenters. The molecule has 2 heterocycles. The Morgan fingerprint density at radius 3 is 2.69 bits per heavy atom. The van der Waals surface area contributed by atoms with Crippen LogP contribution in [0.1, 0.15) is 18.2 Å². The Labute approximate surface area is 95.3 Å². The number of hydrogen-bond acceptors (Lipinski definition) is 3. The summed E-state index contributed by atoms with van der Waals surface area (Å²) in [6.07, 6.45) is 3.60. The van der Waals surface area contributed by atoms with Gasteiger partial charge in [-0.3, -0.25) is 9.67 Å². The summed E-state index contributed by atoms with van der Waals surface area (Å²) < 4.78 is 1.98. The van der Waals surface area contributed by atoms with Gasteiger partial charge in [-0.15, -0.1) is 0 Å². The van der Waals surface area contributed by atoms with Crippen molar-refractivity contribution in [3.63, 3.8) is 0 Å². The normalized spacial score (nSPS) is 10.4. The predicted octanol–water partition coefficient (Wildman–Crippen LogP) is 2.22. The number of hydrogen-bond donors (Lipinski definition) is 1. The highest BCUT2D eigenvalue weighted by Gasteiger charge is 2.01. The Balaban J connectivity index is 2.00. The van der Waals surface area contributed by atoms with Crippen molar-refractivity contribution in [3.05, 3.63) is 41.9 Å². The van der Waals surface area contributed by atoms with Gasteiger partial charge < -0.3 is 5.32 Å². The summed E-state index contributed by atoms with van der Waals surface area (Å²) in [5, 5.41) is 7.73. The van der Waals surface area contributed by atoms with E-state index in [-0.39, 0.29) is 0 Å². The van der Waals surface area contributed by atoms with Gasteiger partial charge in [0.2, 0.25) is 0 Å². The zero-order valence-corrected chi connectivity index (χ0v) is 9.64. The summed E-state index contributed by atoms with van der Waals surface area (Å²) in [7, 11) is 0. The molecule has 0 saturated heterocycles. The fourth-order valence-corrected chi connectivity index (χ4v) is 1.61. The Morgan fingerprint density at radius 1 is 1.31 bits per heavy atom. The maximum Gasteiger partial charge on any atom is 0.148 e. The van der Waals surface area contributed by atoms with E-state index in [4.69, 9.17) is 0 Å². The lowest BCUT2D eigenvalue weighted by Gasteiger charge is -2.02. The van der Waals surface area contributed by atoms with Crippen LogP contribution in [-0.2, 0) is 13.1 Å². The average molecular weight is 216 g/mol. The molecule has 84 valence electrons. The van der Waals surface area contributed by atoms with Gasteiger partial charge in [-0.1, -0.05) is 0 Å². The van der Waals surface area contributed by atoms with Crippen molar-refractivity contribution in [2.45, 2.75) is 26.9 Å². The molecule has 0 aliphatic rings. The second kappa shape index (κ2) is 4.79. The summed E-state index contributed by atoms with van der Waals surface area (Å²) in [5.41, 5.74) is 2.39. The fraction of sp³-hybridized carbons (Fsp3) is 0.333. The number of aromatic nitrogens is 3. The number of aryl methyl sites for hydroxylation is 2. The zero-order chi connectivity index (χ0) is 11.4. The van der Waals surface area contributed by atoms with Crippen molar-refractivity contribution in [2.75, 3.05) is 5.32 Å². The SMILES string of the molecule is CCn1nc(NCc2ccncc2)cc1C. The minimum absolute atomic E-state index is 0.780. The van der Waals surface area contributed by atoms with E-state index < -0.39 is 0 Å². The third-order valence-electron chi connectivity index (χ3n) is 2.50. The monoisotopic (exact) mass is 216 g/mol. The minimum Gasteiger partial charge on any atom is -0.365 e. The molecular weight excluding hydrogens is 200 g/mol. The molecule has 2 rings (SSSR count). The molecule has 0 unspecified atom stereocenters. The third-order valence-corrected chi connectivity index (χ3v) is 2.50. The summed E-state index contributed by atoms with van der Waals surface area (Å²) >= 11 is 0. The fourth-order valence-electron chi connectivity index (χ4n) is 1.61. The largest absolute Gasteiger partial charge is 0.365 e. The molecule has 16 heavy (non-hydrogen) atoms. The molecule has 0 radical (unpaired) electrons. The Kier molecular flexibility index (Phi) is 3.19. The standard InChI is InChI=1S/C12H16N4/c1-3-16-10(2)8-12(15-16)14-9-11-4-6-13-7-5-11/h4-8H,3,9H2,1-2H3,(H,14,15). The molecule has 4 nitrogen and oxygen atoms in total. The van der Waals surface area contributed by atoms with Crippen LogP contribution in [0.15, 0.2) is 30.6 Å². The number of anilines is 1. The molecular formula is C12H16N4. The van der Waals surface area contributed by atoms with Crippen LogP contribution in [0.25, 0.3) is 0 Å². The van der Waals surface area contributed by atoms with Crippen LogP contribution in [0.5, 0.6) is 0 Å².